The van der Waals surface area contributed by atoms with E-state index in [2.05, 4.69) is 4.98 Å². The highest BCUT2D eigenvalue weighted by Crippen LogP contribution is 2.40. The SMILES string of the molecule is COc1cc(-c2nc3sc4c(c3c(=O)[nH]2)CCCCCC4)cc(Cl)c1OCc1ccc(Cl)cc1Cl. The maximum Gasteiger partial charge on any atom is 0.260 e. The Hall–Kier alpha value is -2.25. The number of methoxy groups -OCH3 is 1. The van der Waals surface area contributed by atoms with Crippen LogP contribution in [0.2, 0.25) is 15.1 Å². The summed E-state index contributed by atoms with van der Waals surface area (Å²) in [6.45, 7) is 0.188. The molecule has 0 radical (unpaired) electrons. The molecule has 0 amide bonds. The number of fused-ring (bicyclic) bond motifs is 3. The second-order valence-corrected chi connectivity index (χ2v) is 10.9. The summed E-state index contributed by atoms with van der Waals surface area (Å²) in [5.74, 6) is 1.26. The number of benzene rings is 2. The molecule has 2 heterocycles. The van der Waals surface area contributed by atoms with E-state index in [9.17, 15) is 4.79 Å². The first-order valence-corrected chi connectivity index (χ1v) is 13.4. The minimum Gasteiger partial charge on any atom is -0.493 e. The lowest BCUT2D eigenvalue weighted by atomic mass is 9.98. The van der Waals surface area contributed by atoms with E-state index in [0.29, 0.717) is 38.0 Å². The molecule has 0 bridgehead atoms. The summed E-state index contributed by atoms with van der Waals surface area (Å²) in [7, 11) is 1.54. The molecule has 2 aromatic carbocycles. The van der Waals surface area contributed by atoms with E-state index in [1.165, 1.54) is 30.4 Å². The number of rotatable bonds is 5. The molecule has 5 nitrogen and oxygen atoms in total. The maximum absolute atomic E-state index is 13.1. The Labute approximate surface area is 222 Å². The van der Waals surface area contributed by atoms with E-state index < -0.39 is 0 Å². The zero-order chi connectivity index (χ0) is 24.5. The number of H-pyrrole nitrogens is 1. The van der Waals surface area contributed by atoms with Gasteiger partial charge < -0.3 is 14.5 Å². The van der Waals surface area contributed by atoms with Gasteiger partial charge in [0.05, 0.1) is 17.5 Å². The average molecular weight is 550 g/mol. The number of halogens is 3. The molecule has 9 heteroatoms. The molecule has 1 aliphatic rings. The van der Waals surface area contributed by atoms with Crippen LogP contribution in [0.1, 0.15) is 41.7 Å². The Morgan fingerprint density at radius 1 is 1.03 bits per heavy atom. The van der Waals surface area contributed by atoms with Gasteiger partial charge in [-0.05, 0) is 55.5 Å². The van der Waals surface area contributed by atoms with Gasteiger partial charge in [-0.3, -0.25) is 4.79 Å². The summed E-state index contributed by atoms with van der Waals surface area (Å²) in [6, 6.07) is 8.69. The van der Waals surface area contributed by atoms with E-state index in [-0.39, 0.29) is 12.2 Å². The van der Waals surface area contributed by atoms with Crippen LogP contribution in [0.5, 0.6) is 11.5 Å². The Balaban J connectivity index is 1.49. The molecule has 0 unspecified atom stereocenters. The van der Waals surface area contributed by atoms with Crippen molar-refractivity contribution in [2.75, 3.05) is 7.11 Å². The van der Waals surface area contributed by atoms with E-state index in [1.807, 2.05) is 0 Å². The van der Waals surface area contributed by atoms with E-state index in [1.54, 1.807) is 41.7 Å². The van der Waals surface area contributed by atoms with Crippen molar-refractivity contribution >= 4 is 56.4 Å². The number of aryl methyl sites for hydroxylation is 2. The lowest BCUT2D eigenvalue weighted by molar-refractivity contribution is 0.285. The molecule has 1 N–H and O–H groups in total. The van der Waals surface area contributed by atoms with Gasteiger partial charge in [0, 0.05) is 26.0 Å². The predicted molar refractivity (Wildman–Crippen MR) is 144 cm³/mol. The van der Waals surface area contributed by atoms with Crippen LogP contribution in [0.3, 0.4) is 0 Å². The third kappa shape index (κ3) is 5.03. The fourth-order valence-electron chi connectivity index (χ4n) is 4.44. The number of aromatic amines is 1. The fraction of sp³-hybridized carbons (Fsp3) is 0.308. The second-order valence-electron chi connectivity index (χ2n) is 8.53. The molecule has 0 saturated carbocycles. The number of ether oxygens (including phenoxy) is 2. The molecule has 182 valence electrons. The molecule has 0 atom stereocenters. The number of aromatic nitrogens is 2. The molecule has 2 aromatic heterocycles. The van der Waals surface area contributed by atoms with Crippen LogP contribution < -0.4 is 15.0 Å². The van der Waals surface area contributed by atoms with Gasteiger partial charge in [0.2, 0.25) is 0 Å². The highest BCUT2D eigenvalue weighted by atomic mass is 35.5. The van der Waals surface area contributed by atoms with E-state index in [4.69, 9.17) is 49.3 Å². The molecule has 5 rings (SSSR count). The van der Waals surface area contributed by atoms with Crippen molar-refractivity contribution in [1.82, 2.24) is 9.97 Å². The van der Waals surface area contributed by atoms with Crippen molar-refractivity contribution in [3.8, 4) is 22.9 Å². The lowest BCUT2D eigenvalue weighted by Gasteiger charge is -2.15. The molecular formula is C26H23Cl3N2O3S. The van der Waals surface area contributed by atoms with E-state index in [0.717, 1.165) is 41.5 Å². The van der Waals surface area contributed by atoms with Crippen molar-refractivity contribution in [3.05, 3.63) is 71.8 Å². The van der Waals surface area contributed by atoms with Crippen LogP contribution in [-0.4, -0.2) is 17.1 Å². The number of hydrogen-bond donors (Lipinski definition) is 1. The summed E-state index contributed by atoms with van der Waals surface area (Å²) in [4.78, 5) is 23.0. The van der Waals surface area contributed by atoms with Crippen molar-refractivity contribution in [2.45, 2.75) is 45.1 Å². The standard InChI is InChI=1S/C26H23Cl3N2O3S/c1-33-20-11-15(10-19(29)23(20)34-13-14-8-9-16(27)12-18(14)28)24-30-25(32)22-17-6-4-2-3-5-7-21(17)35-26(22)31-24/h8-12H,2-7,13H2,1H3,(H,30,31,32). The van der Waals surface area contributed by atoms with Crippen molar-refractivity contribution < 1.29 is 9.47 Å². The van der Waals surface area contributed by atoms with Gasteiger partial charge in [-0.25, -0.2) is 4.98 Å². The Morgan fingerprint density at radius 3 is 2.60 bits per heavy atom. The molecule has 4 aromatic rings. The van der Waals surface area contributed by atoms with Crippen LogP contribution in [0, 0.1) is 0 Å². The molecular weight excluding hydrogens is 527 g/mol. The van der Waals surface area contributed by atoms with Crippen LogP contribution >= 0.6 is 46.1 Å². The summed E-state index contributed by atoms with van der Waals surface area (Å²) < 4.78 is 11.5. The van der Waals surface area contributed by atoms with Gasteiger partial charge in [-0.15, -0.1) is 11.3 Å². The molecule has 0 aliphatic heterocycles. The smallest absolute Gasteiger partial charge is 0.260 e. The topological polar surface area (TPSA) is 64.2 Å². The fourth-order valence-corrected chi connectivity index (χ4v) is 6.43. The highest BCUT2D eigenvalue weighted by molar-refractivity contribution is 7.18. The molecule has 1 aliphatic carbocycles. The third-order valence-corrected chi connectivity index (χ3v) is 8.27. The van der Waals surface area contributed by atoms with Gasteiger partial charge in [0.15, 0.2) is 11.5 Å². The van der Waals surface area contributed by atoms with Gasteiger partial charge in [0.1, 0.15) is 17.3 Å². The van der Waals surface area contributed by atoms with Crippen LogP contribution in [-0.2, 0) is 19.4 Å². The molecule has 0 fully saturated rings. The first kappa shape index (κ1) is 24.4. The lowest BCUT2D eigenvalue weighted by Crippen LogP contribution is -2.10. The molecule has 0 spiro atoms. The van der Waals surface area contributed by atoms with Crippen molar-refractivity contribution in [1.29, 1.82) is 0 Å². The van der Waals surface area contributed by atoms with Crippen LogP contribution in [0.15, 0.2) is 35.1 Å². The maximum atomic E-state index is 13.1. The van der Waals surface area contributed by atoms with E-state index >= 15 is 0 Å². The van der Waals surface area contributed by atoms with Gasteiger partial charge >= 0.3 is 0 Å². The monoisotopic (exact) mass is 548 g/mol. The van der Waals surface area contributed by atoms with Gasteiger partial charge in [-0.1, -0.05) is 53.7 Å². The predicted octanol–water partition coefficient (Wildman–Crippen LogP) is 7.86. The van der Waals surface area contributed by atoms with Crippen LogP contribution in [0.25, 0.3) is 21.6 Å². The number of nitrogens with one attached hydrogen (secondary N) is 1. The third-order valence-electron chi connectivity index (χ3n) is 6.22. The quantitative estimate of drug-likeness (QED) is 0.275. The zero-order valence-electron chi connectivity index (χ0n) is 19.1. The largest absolute Gasteiger partial charge is 0.493 e. The average Bonchev–Trinajstić information content (AvgIpc) is 3.15. The Kier molecular flexibility index (Phi) is 7.26. The van der Waals surface area contributed by atoms with Gasteiger partial charge in [0.25, 0.3) is 5.56 Å². The zero-order valence-corrected chi connectivity index (χ0v) is 22.1. The first-order chi connectivity index (χ1) is 16.9. The second kappa shape index (κ2) is 10.4. The summed E-state index contributed by atoms with van der Waals surface area (Å²) in [6.07, 6.45) is 6.64. The van der Waals surface area contributed by atoms with Gasteiger partial charge in [-0.2, -0.15) is 0 Å². The number of nitrogens with zero attached hydrogens (tertiary/aromatic N) is 1. The summed E-state index contributed by atoms with van der Waals surface area (Å²) in [5, 5.41) is 2.12. The minimum absolute atomic E-state index is 0.115. The summed E-state index contributed by atoms with van der Waals surface area (Å²) in [5.41, 5.74) is 2.47. The summed E-state index contributed by atoms with van der Waals surface area (Å²) >= 11 is 20.5. The van der Waals surface area contributed by atoms with Crippen molar-refractivity contribution in [3.63, 3.8) is 0 Å². The van der Waals surface area contributed by atoms with Crippen LogP contribution in [0.4, 0.5) is 0 Å². The Morgan fingerprint density at radius 2 is 1.83 bits per heavy atom. The number of hydrogen-bond acceptors (Lipinski definition) is 5. The minimum atomic E-state index is -0.115. The number of thiophene rings is 1. The molecule has 0 saturated heterocycles. The molecule has 35 heavy (non-hydrogen) atoms. The Bertz CT molecular complexity index is 1460. The normalized spacial score (nSPS) is 13.8. The first-order valence-electron chi connectivity index (χ1n) is 11.4. The van der Waals surface area contributed by atoms with Crippen molar-refractivity contribution in [2.24, 2.45) is 0 Å². The highest BCUT2D eigenvalue weighted by Gasteiger charge is 2.20.